The fourth-order valence-electron chi connectivity index (χ4n) is 1.69. The summed E-state index contributed by atoms with van der Waals surface area (Å²) in [5, 5.41) is 4.83. The summed E-state index contributed by atoms with van der Waals surface area (Å²) in [7, 11) is 0. The third-order valence-electron chi connectivity index (χ3n) is 2.51. The van der Waals surface area contributed by atoms with Gasteiger partial charge in [-0.05, 0) is 36.4 Å². The van der Waals surface area contributed by atoms with Gasteiger partial charge in [-0.25, -0.2) is 0 Å². The van der Waals surface area contributed by atoms with Gasteiger partial charge in [0.1, 0.15) is 5.57 Å². The molecule has 4 nitrogen and oxygen atoms in total. The minimum atomic E-state index is -0.477. The number of nitrogens with one attached hydrogen (secondary N) is 2. The van der Waals surface area contributed by atoms with E-state index in [2.05, 4.69) is 10.6 Å². The Bertz CT molecular complexity index is 581. The summed E-state index contributed by atoms with van der Waals surface area (Å²) in [6, 6.07) is 9.65. The van der Waals surface area contributed by atoms with Crippen molar-refractivity contribution in [3.63, 3.8) is 0 Å². The van der Waals surface area contributed by atoms with Crippen molar-refractivity contribution in [1.29, 1.82) is 0 Å². The van der Waals surface area contributed by atoms with Gasteiger partial charge in [0.25, 0.3) is 11.8 Å². The number of allylic oxidation sites excluding steroid dienone is 2. The Kier molecular flexibility index (Phi) is 3.87. The SMILES string of the molecule is C/C(C=C1C(=O)NC(=S)NC1=O)=C\c1ccccc1. The van der Waals surface area contributed by atoms with E-state index >= 15 is 0 Å². The van der Waals surface area contributed by atoms with Crippen LogP contribution in [0.3, 0.4) is 0 Å². The number of hydrogen-bond donors (Lipinski definition) is 2. The second-order valence-corrected chi connectivity index (χ2v) is 4.50. The summed E-state index contributed by atoms with van der Waals surface area (Å²) in [4.78, 5) is 23.3. The van der Waals surface area contributed by atoms with Crippen LogP contribution in [0.5, 0.6) is 0 Å². The monoisotopic (exact) mass is 272 g/mol. The maximum Gasteiger partial charge on any atom is 0.263 e. The fraction of sp³-hybridized carbons (Fsp3) is 0.0714. The van der Waals surface area contributed by atoms with Crippen LogP contribution in [0.1, 0.15) is 12.5 Å². The summed E-state index contributed by atoms with van der Waals surface area (Å²) in [5.74, 6) is -0.955. The summed E-state index contributed by atoms with van der Waals surface area (Å²) < 4.78 is 0. The first-order valence-corrected chi connectivity index (χ1v) is 6.09. The molecular weight excluding hydrogens is 260 g/mol. The van der Waals surface area contributed by atoms with E-state index in [1.807, 2.05) is 43.3 Å². The molecule has 2 N–H and O–H groups in total. The minimum Gasteiger partial charge on any atom is -0.299 e. The summed E-state index contributed by atoms with van der Waals surface area (Å²) in [6.45, 7) is 1.83. The van der Waals surface area contributed by atoms with E-state index in [1.54, 1.807) is 6.08 Å². The molecule has 5 heteroatoms. The van der Waals surface area contributed by atoms with Crippen LogP contribution in [-0.2, 0) is 9.59 Å². The Labute approximate surface area is 116 Å². The largest absolute Gasteiger partial charge is 0.299 e. The third kappa shape index (κ3) is 3.35. The first-order valence-electron chi connectivity index (χ1n) is 5.68. The maximum absolute atomic E-state index is 11.6. The lowest BCUT2D eigenvalue weighted by atomic mass is 10.1. The number of thiocarbonyl (C=S) groups is 1. The maximum atomic E-state index is 11.6. The number of hydrogen-bond acceptors (Lipinski definition) is 3. The van der Waals surface area contributed by atoms with Crippen molar-refractivity contribution in [3.05, 3.63) is 53.1 Å². The van der Waals surface area contributed by atoms with Gasteiger partial charge in [-0.1, -0.05) is 36.4 Å². The average Bonchev–Trinajstić information content (AvgIpc) is 2.35. The molecule has 0 aliphatic carbocycles. The molecule has 0 aromatic heterocycles. The van der Waals surface area contributed by atoms with Crippen molar-refractivity contribution < 1.29 is 9.59 Å². The quantitative estimate of drug-likeness (QED) is 0.488. The Balaban J connectivity index is 2.25. The van der Waals surface area contributed by atoms with E-state index < -0.39 is 11.8 Å². The topological polar surface area (TPSA) is 58.2 Å². The lowest BCUT2D eigenvalue weighted by molar-refractivity contribution is -0.123. The number of rotatable bonds is 2. The van der Waals surface area contributed by atoms with Crippen LogP contribution < -0.4 is 10.6 Å². The Hall–Kier alpha value is -2.27. The molecule has 0 spiro atoms. The van der Waals surface area contributed by atoms with E-state index in [9.17, 15) is 9.59 Å². The van der Waals surface area contributed by atoms with E-state index in [1.165, 1.54) is 0 Å². The van der Waals surface area contributed by atoms with Crippen molar-refractivity contribution in [2.75, 3.05) is 0 Å². The molecule has 1 aliphatic rings. The van der Waals surface area contributed by atoms with Crippen LogP contribution in [-0.4, -0.2) is 16.9 Å². The molecule has 1 fully saturated rings. The van der Waals surface area contributed by atoms with Crippen molar-refractivity contribution in [2.45, 2.75) is 6.92 Å². The molecule has 19 heavy (non-hydrogen) atoms. The number of carbonyl (C=O) groups excluding carboxylic acids is 2. The van der Waals surface area contributed by atoms with Crippen LogP contribution in [0.25, 0.3) is 6.08 Å². The van der Waals surface area contributed by atoms with Crippen molar-refractivity contribution in [2.24, 2.45) is 0 Å². The first-order chi connectivity index (χ1) is 9.06. The Morgan fingerprint density at radius 3 is 2.26 bits per heavy atom. The van der Waals surface area contributed by atoms with Gasteiger partial charge in [0.05, 0.1) is 0 Å². The van der Waals surface area contributed by atoms with Gasteiger partial charge >= 0.3 is 0 Å². The molecule has 1 saturated heterocycles. The standard InChI is InChI=1S/C14H12N2O2S/c1-9(7-10-5-3-2-4-6-10)8-11-12(17)15-14(19)16-13(11)18/h2-8H,1H3,(H2,15,16,17,18,19)/b9-7+. The molecule has 0 unspecified atom stereocenters. The number of amides is 2. The van der Waals surface area contributed by atoms with E-state index in [4.69, 9.17) is 12.2 Å². The highest BCUT2D eigenvalue weighted by Crippen LogP contribution is 2.10. The van der Waals surface area contributed by atoms with Crippen LogP contribution in [0.4, 0.5) is 0 Å². The Morgan fingerprint density at radius 2 is 1.68 bits per heavy atom. The van der Waals surface area contributed by atoms with Crippen LogP contribution in [0.2, 0.25) is 0 Å². The average molecular weight is 272 g/mol. The molecule has 1 aliphatic heterocycles. The van der Waals surface area contributed by atoms with Crippen LogP contribution >= 0.6 is 12.2 Å². The molecule has 0 atom stereocenters. The number of carbonyl (C=O) groups is 2. The smallest absolute Gasteiger partial charge is 0.263 e. The van der Waals surface area contributed by atoms with Gasteiger partial charge in [-0.15, -0.1) is 0 Å². The zero-order valence-electron chi connectivity index (χ0n) is 10.3. The van der Waals surface area contributed by atoms with Gasteiger partial charge < -0.3 is 0 Å². The molecule has 2 amide bonds. The molecule has 1 aromatic rings. The summed E-state index contributed by atoms with van der Waals surface area (Å²) in [5.41, 5.74) is 1.86. The second-order valence-electron chi connectivity index (χ2n) is 4.09. The zero-order valence-corrected chi connectivity index (χ0v) is 11.1. The van der Waals surface area contributed by atoms with Crippen molar-refractivity contribution in [3.8, 4) is 0 Å². The molecule has 1 heterocycles. The molecule has 0 bridgehead atoms. The molecule has 96 valence electrons. The van der Waals surface area contributed by atoms with Crippen molar-refractivity contribution >= 4 is 35.2 Å². The molecule has 2 rings (SSSR count). The first kappa shape index (κ1) is 13.2. The predicted octanol–water partition coefficient (Wildman–Crippen LogP) is 1.55. The normalized spacial score (nSPS) is 15.9. The molecule has 0 saturated carbocycles. The molecule has 0 radical (unpaired) electrons. The molecule has 1 aromatic carbocycles. The second kappa shape index (κ2) is 5.58. The van der Waals surface area contributed by atoms with Gasteiger partial charge in [0, 0.05) is 0 Å². The van der Waals surface area contributed by atoms with Crippen molar-refractivity contribution in [1.82, 2.24) is 10.6 Å². The van der Waals surface area contributed by atoms with Crippen LogP contribution in [0, 0.1) is 0 Å². The highest BCUT2D eigenvalue weighted by atomic mass is 32.1. The van der Waals surface area contributed by atoms with E-state index in [0.717, 1.165) is 11.1 Å². The minimum absolute atomic E-state index is 0.0387. The molecular formula is C14H12N2O2S. The predicted molar refractivity (Wildman–Crippen MR) is 77.1 cm³/mol. The van der Waals surface area contributed by atoms with E-state index in [-0.39, 0.29) is 10.7 Å². The third-order valence-corrected chi connectivity index (χ3v) is 2.71. The lowest BCUT2D eigenvalue weighted by Gasteiger charge is -2.16. The summed E-state index contributed by atoms with van der Waals surface area (Å²) >= 11 is 4.73. The highest BCUT2D eigenvalue weighted by molar-refractivity contribution is 7.80. The van der Waals surface area contributed by atoms with Gasteiger partial charge in [-0.3, -0.25) is 20.2 Å². The zero-order chi connectivity index (χ0) is 13.8. The van der Waals surface area contributed by atoms with Gasteiger partial charge in [0.2, 0.25) is 0 Å². The Morgan fingerprint density at radius 1 is 1.11 bits per heavy atom. The summed E-state index contributed by atoms with van der Waals surface area (Å²) in [6.07, 6.45) is 3.43. The van der Waals surface area contributed by atoms with Crippen LogP contribution in [0.15, 0.2) is 47.6 Å². The fourth-order valence-corrected chi connectivity index (χ4v) is 1.87. The van der Waals surface area contributed by atoms with Gasteiger partial charge in [-0.2, -0.15) is 0 Å². The number of benzene rings is 1. The van der Waals surface area contributed by atoms with E-state index in [0.29, 0.717) is 0 Å². The lowest BCUT2D eigenvalue weighted by Crippen LogP contribution is -2.51. The highest BCUT2D eigenvalue weighted by Gasteiger charge is 2.25. The van der Waals surface area contributed by atoms with Gasteiger partial charge in [0.15, 0.2) is 5.11 Å².